The summed E-state index contributed by atoms with van der Waals surface area (Å²) in [5, 5.41) is -0.0977. The molecular weight excluding hydrogens is 260 g/mol. The van der Waals surface area contributed by atoms with Gasteiger partial charge in [0.2, 0.25) is 5.88 Å². The summed E-state index contributed by atoms with van der Waals surface area (Å²) in [5.41, 5.74) is 4.53. The molecule has 0 spiro atoms. The minimum atomic E-state index is -0.0977. The van der Waals surface area contributed by atoms with Crippen molar-refractivity contribution in [1.29, 1.82) is 0 Å². The van der Waals surface area contributed by atoms with Crippen LogP contribution in [0, 0.1) is 13.8 Å². The zero-order valence-electron chi connectivity index (χ0n) is 11.4. The van der Waals surface area contributed by atoms with Gasteiger partial charge in [-0.3, -0.25) is 0 Å². The second-order valence-corrected chi connectivity index (χ2v) is 5.04. The van der Waals surface area contributed by atoms with E-state index < -0.39 is 0 Å². The van der Waals surface area contributed by atoms with Crippen molar-refractivity contribution in [1.82, 2.24) is 9.97 Å². The summed E-state index contributed by atoms with van der Waals surface area (Å²) >= 11 is 6.51. The largest absolute Gasteiger partial charge is 0.481 e. The Kier molecular flexibility index (Phi) is 4.38. The molecule has 1 unspecified atom stereocenters. The molecule has 0 amide bonds. The molecule has 0 bridgehead atoms. The number of hydrogen-bond acceptors (Lipinski definition) is 3. The van der Waals surface area contributed by atoms with Gasteiger partial charge in [0.1, 0.15) is 6.33 Å². The van der Waals surface area contributed by atoms with Gasteiger partial charge in [0, 0.05) is 18.2 Å². The standard InChI is InChI=1S/C15H17ClN2O/c1-10-5-4-6-13(11(10)2)14(16)7-12-8-15(19-3)18-9-17-12/h4-6,8-9,14H,7H2,1-3H3. The van der Waals surface area contributed by atoms with E-state index in [9.17, 15) is 0 Å². The molecule has 4 heteroatoms. The number of halogens is 1. The number of alkyl halides is 1. The van der Waals surface area contributed by atoms with Crippen LogP contribution in [0.25, 0.3) is 0 Å². The maximum Gasteiger partial charge on any atom is 0.216 e. The van der Waals surface area contributed by atoms with Crippen LogP contribution in [0.4, 0.5) is 0 Å². The van der Waals surface area contributed by atoms with E-state index in [4.69, 9.17) is 16.3 Å². The number of rotatable bonds is 4. The molecule has 0 radical (unpaired) electrons. The van der Waals surface area contributed by atoms with Crippen molar-refractivity contribution in [3.05, 3.63) is 53.0 Å². The Morgan fingerprint density at radius 1 is 1.26 bits per heavy atom. The van der Waals surface area contributed by atoms with Crippen LogP contribution in [-0.4, -0.2) is 17.1 Å². The monoisotopic (exact) mass is 276 g/mol. The molecule has 1 atom stereocenters. The maximum atomic E-state index is 6.51. The van der Waals surface area contributed by atoms with Crippen molar-refractivity contribution in [2.75, 3.05) is 7.11 Å². The fourth-order valence-electron chi connectivity index (χ4n) is 2.01. The molecule has 0 N–H and O–H groups in total. The van der Waals surface area contributed by atoms with Crippen molar-refractivity contribution in [2.45, 2.75) is 25.6 Å². The number of aryl methyl sites for hydroxylation is 1. The molecule has 1 aromatic carbocycles. The van der Waals surface area contributed by atoms with Gasteiger partial charge in [0.05, 0.1) is 12.5 Å². The first kappa shape index (κ1) is 13.8. The van der Waals surface area contributed by atoms with Crippen LogP contribution in [-0.2, 0) is 6.42 Å². The molecule has 1 heterocycles. The van der Waals surface area contributed by atoms with Crippen molar-refractivity contribution >= 4 is 11.6 Å². The second-order valence-electron chi connectivity index (χ2n) is 4.51. The van der Waals surface area contributed by atoms with Gasteiger partial charge in [-0.15, -0.1) is 11.6 Å². The van der Waals surface area contributed by atoms with E-state index in [0.717, 1.165) is 11.3 Å². The predicted octanol–water partition coefficient (Wildman–Crippen LogP) is 3.62. The third-order valence-electron chi connectivity index (χ3n) is 3.28. The van der Waals surface area contributed by atoms with Gasteiger partial charge in [0.25, 0.3) is 0 Å². The topological polar surface area (TPSA) is 35.0 Å². The fraction of sp³-hybridized carbons (Fsp3) is 0.333. The molecule has 3 nitrogen and oxygen atoms in total. The summed E-state index contributed by atoms with van der Waals surface area (Å²) in [6.07, 6.45) is 2.16. The molecule has 0 aliphatic rings. The Balaban J connectivity index is 2.20. The van der Waals surface area contributed by atoms with E-state index in [2.05, 4.69) is 35.9 Å². The van der Waals surface area contributed by atoms with Crippen LogP contribution in [0.5, 0.6) is 5.88 Å². The van der Waals surface area contributed by atoms with Gasteiger partial charge >= 0.3 is 0 Å². The lowest BCUT2D eigenvalue weighted by atomic mass is 9.98. The number of aromatic nitrogens is 2. The highest BCUT2D eigenvalue weighted by Crippen LogP contribution is 2.28. The average molecular weight is 277 g/mol. The van der Waals surface area contributed by atoms with Crippen LogP contribution in [0.3, 0.4) is 0 Å². The lowest BCUT2D eigenvalue weighted by Crippen LogP contribution is -2.02. The molecule has 2 rings (SSSR count). The summed E-state index contributed by atoms with van der Waals surface area (Å²) < 4.78 is 5.09. The van der Waals surface area contributed by atoms with Gasteiger partial charge in [-0.2, -0.15) is 0 Å². The first-order valence-corrected chi connectivity index (χ1v) is 6.60. The van der Waals surface area contributed by atoms with E-state index in [1.807, 2.05) is 12.1 Å². The summed E-state index contributed by atoms with van der Waals surface area (Å²) in [6, 6.07) is 8.02. The van der Waals surface area contributed by atoms with Gasteiger partial charge in [-0.05, 0) is 30.5 Å². The van der Waals surface area contributed by atoms with Crippen molar-refractivity contribution < 1.29 is 4.74 Å². The highest BCUT2D eigenvalue weighted by atomic mass is 35.5. The molecule has 19 heavy (non-hydrogen) atoms. The van der Waals surface area contributed by atoms with E-state index in [1.165, 1.54) is 17.5 Å². The normalized spacial score (nSPS) is 12.2. The van der Waals surface area contributed by atoms with Crippen LogP contribution in [0.1, 0.15) is 27.8 Å². The minimum Gasteiger partial charge on any atom is -0.481 e. The maximum absolute atomic E-state index is 6.51. The zero-order chi connectivity index (χ0) is 13.8. The van der Waals surface area contributed by atoms with E-state index in [-0.39, 0.29) is 5.38 Å². The SMILES string of the molecule is COc1cc(CC(Cl)c2cccc(C)c2C)ncn1. The first-order chi connectivity index (χ1) is 9.11. The quantitative estimate of drug-likeness (QED) is 0.800. The number of hydrogen-bond donors (Lipinski definition) is 0. The fourth-order valence-corrected chi connectivity index (χ4v) is 2.40. The highest BCUT2D eigenvalue weighted by Gasteiger charge is 2.13. The Hall–Kier alpha value is -1.61. The van der Waals surface area contributed by atoms with Gasteiger partial charge in [-0.25, -0.2) is 9.97 Å². The predicted molar refractivity (Wildman–Crippen MR) is 76.8 cm³/mol. The second kappa shape index (κ2) is 6.02. The third kappa shape index (κ3) is 3.24. The van der Waals surface area contributed by atoms with Gasteiger partial charge in [0.15, 0.2) is 0 Å². The molecular formula is C15H17ClN2O. The highest BCUT2D eigenvalue weighted by molar-refractivity contribution is 6.21. The average Bonchev–Trinajstić information content (AvgIpc) is 2.42. The molecule has 0 saturated carbocycles. The number of benzene rings is 1. The summed E-state index contributed by atoms with van der Waals surface area (Å²) in [4.78, 5) is 8.22. The first-order valence-electron chi connectivity index (χ1n) is 6.17. The van der Waals surface area contributed by atoms with Crippen LogP contribution in [0.15, 0.2) is 30.6 Å². The lowest BCUT2D eigenvalue weighted by Gasteiger charge is -2.14. The molecule has 0 aliphatic heterocycles. The summed E-state index contributed by atoms with van der Waals surface area (Å²) in [6.45, 7) is 4.19. The Morgan fingerprint density at radius 2 is 2.05 bits per heavy atom. The van der Waals surface area contributed by atoms with E-state index in [0.29, 0.717) is 12.3 Å². The van der Waals surface area contributed by atoms with Crippen LogP contribution < -0.4 is 4.74 Å². The summed E-state index contributed by atoms with van der Waals surface area (Å²) in [7, 11) is 1.59. The number of ether oxygens (including phenoxy) is 1. The summed E-state index contributed by atoms with van der Waals surface area (Å²) in [5.74, 6) is 0.565. The molecule has 0 aliphatic carbocycles. The Labute approximate surface area is 118 Å². The Bertz CT molecular complexity index is 572. The van der Waals surface area contributed by atoms with E-state index >= 15 is 0 Å². The van der Waals surface area contributed by atoms with Crippen LogP contribution >= 0.6 is 11.6 Å². The molecule has 2 aromatic rings. The minimum absolute atomic E-state index is 0.0977. The zero-order valence-corrected chi connectivity index (χ0v) is 12.1. The molecule has 1 aromatic heterocycles. The van der Waals surface area contributed by atoms with Crippen molar-refractivity contribution in [2.24, 2.45) is 0 Å². The van der Waals surface area contributed by atoms with Gasteiger partial charge in [-0.1, -0.05) is 18.2 Å². The van der Waals surface area contributed by atoms with E-state index in [1.54, 1.807) is 7.11 Å². The smallest absolute Gasteiger partial charge is 0.216 e. The lowest BCUT2D eigenvalue weighted by molar-refractivity contribution is 0.396. The third-order valence-corrected chi connectivity index (χ3v) is 3.67. The van der Waals surface area contributed by atoms with Crippen molar-refractivity contribution in [3.63, 3.8) is 0 Å². The van der Waals surface area contributed by atoms with Crippen molar-refractivity contribution in [3.8, 4) is 5.88 Å². The number of nitrogens with zero attached hydrogens (tertiary/aromatic N) is 2. The number of methoxy groups -OCH3 is 1. The molecule has 0 saturated heterocycles. The Morgan fingerprint density at radius 3 is 2.79 bits per heavy atom. The molecule has 0 fully saturated rings. The van der Waals surface area contributed by atoms with Crippen LogP contribution in [0.2, 0.25) is 0 Å². The molecule has 100 valence electrons. The van der Waals surface area contributed by atoms with Gasteiger partial charge < -0.3 is 4.74 Å².